The minimum atomic E-state index is -3.72. The normalized spacial score (nSPS) is 25.7. The zero-order valence-electron chi connectivity index (χ0n) is 37.3. The average molecular weight is 1070 g/mol. The van der Waals surface area contributed by atoms with E-state index in [1.54, 1.807) is 0 Å². The topological polar surface area (TPSA) is 525 Å². The number of hydrogen-bond donors (Lipinski definition) is 19. The third-order valence-corrected chi connectivity index (χ3v) is 13.6. The van der Waals surface area contributed by atoms with E-state index in [0.29, 0.717) is 6.07 Å². The van der Waals surface area contributed by atoms with Crippen molar-refractivity contribution in [1.82, 2.24) is 0 Å². The second-order valence-corrected chi connectivity index (χ2v) is 17.6. The van der Waals surface area contributed by atoms with Gasteiger partial charge in [-0.3, -0.25) is 0 Å². The zero-order valence-corrected chi connectivity index (χ0v) is 37.3. The molecule has 0 unspecified atom stereocenters. The lowest BCUT2D eigenvalue weighted by atomic mass is 9.71. The maximum Gasteiger partial charge on any atom is 0.340 e. The highest BCUT2D eigenvalue weighted by atomic mass is 16.7. The van der Waals surface area contributed by atoms with Crippen LogP contribution in [0.2, 0.25) is 0 Å². The second-order valence-electron chi connectivity index (χ2n) is 17.6. The number of fused-ring (bicyclic) bond motifs is 7. The number of cyclic esters (lactones) is 1. The number of phenols is 15. The average Bonchev–Trinajstić information content (AvgIpc) is 3.44. The van der Waals surface area contributed by atoms with Gasteiger partial charge in [0.05, 0.1) is 40.3 Å². The van der Waals surface area contributed by atoms with Crippen molar-refractivity contribution in [3.8, 4) is 120 Å². The summed E-state index contributed by atoms with van der Waals surface area (Å²) < 4.78 is 34.0. The van der Waals surface area contributed by atoms with Gasteiger partial charge >= 0.3 is 29.8 Å². The fourth-order valence-electron chi connectivity index (χ4n) is 9.99. The van der Waals surface area contributed by atoms with Crippen molar-refractivity contribution in [3.63, 3.8) is 0 Å². The Morgan fingerprint density at radius 1 is 0.395 bits per heavy atom. The highest BCUT2D eigenvalue weighted by Gasteiger charge is 2.65. The van der Waals surface area contributed by atoms with E-state index < -0.39 is 250 Å². The Balaban J connectivity index is 1.39. The van der Waals surface area contributed by atoms with Crippen molar-refractivity contribution >= 4 is 29.8 Å². The molecule has 5 aromatic rings. The van der Waals surface area contributed by atoms with Gasteiger partial charge in [0.1, 0.15) is 24.9 Å². The fraction of sp³-hybridized carbons (Fsp3) is 0.239. The first-order valence-electron chi connectivity index (χ1n) is 21.5. The second kappa shape index (κ2) is 16.6. The van der Waals surface area contributed by atoms with Gasteiger partial charge in [0.25, 0.3) is 0 Å². The summed E-state index contributed by atoms with van der Waals surface area (Å²) in [5.41, 5.74) is -16.3. The molecule has 0 aromatic heterocycles. The summed E-state index contributed by atoms with van der Waals surface area (Å²) in [6, 6.07) is 0.916. The summed E-state index contributed by atoms with van der Waals surface area (Å²) in [6.45, 7) is -2.84. The number of aromatic hydroxyl groups is 15. The predicted molar refractivity (Wildman–Crippen MR) is 233 cm³/mol. The molecule has 6 aliphatic rings. The lowest BCUT2D eigenvalue weighted by Crippen LogP contribution is -2.68. The molecule has 0 saturated carbocycles. The molecule has 1 saturated heterocycles. The van der Waals surface area contributed by atoms with Crippen LogP contribution in [-0.2, 0) is 28.4 Å². The van der Waals surface area contributed by atoms with Crippen LogP contribution in [0.3, 0.4) is 0 Å². The Hall–Kier alpha value is -9.75. The van der Waals surface area contributed by atoms with E-state index in [0.717, 1.165) is 0 Å². The van der Waals surface area contributed by atoms with Gasteiger partial charge in [-0.15, -0.1) is 0 Å². The number of carbonyl (C=O) groups excluding carboxylic acids is 5. The van der Waals surface area contributed by atoms with Gasteiger partial charge in [-0.25, -0.2) is 24.0 Å². The molecule has 6 heterocycles. The van der Waals surface area contributed by atoms with Gasteiger partial charge < -0.3 is 125 Å². The van der Waals surface area contributed by atoms with Crippen LogP contribution in [0.15, 0.2) is 18.2 Å². The lowest BCUT2D eigenvalue weighted by Gasteiger charge is -2.51. The molecule has 0 radical (unpaired) electrons. The fourth-order valence-corrected chi connectivity index (χ4v) is 9.99. The SMILES string of the molecule is O=C1OC[C@@H]2OC(=O)c3cc(O)c(O)c(O)c3-c3c(O)c(O)c(O)c4c3C(=O)O[C@H]([C@H]3OC(=O)c5c-4c(O)c(O)c(O)c5[C@@H]3[C@@]3(O)OC[C@H](O)[C@@H](O)[C@H]3O)[C@@H]2OC(=O)c2cc(O)c(O)c(O)c2-c2c1cc(O)c(O)c2O. The number of benzene rings is 5. The first kappa shape index (κ1) is 49.8. The Bertz CT molecular complexity index is 3510. The summed E-state index contributed by atoms with van der Waals surface area (Å²) >= 11 is 0. The number of aliphatic hydroxyl groups excluding tert-OH is 3. The summed E-state index contributed by atoms with van der Waals surface area (Å²) in [4.78, 5) is 74.4. The van der Waals surface area contributed by atoms with Crippen molar-refractivity contribution in [1.29, 1.82) is 0 Å². The van der Waals surface area contributed by atoms with Crippen LogP contribution in [0, 0.1) is 0 Å². The zero-order chi connectivity index (χ0) is 55.4. The molecule has 30 heteroatoms. The van der Waals surface area contributed by atoms with Crippen LogP contribution in [0.25, 0.3) is 33.4 Å². The van der Waals surface area contributed by atoms with E-state index in [-0.39, 0.29) is 12.1 Å². The molecule has 9 atom stereocenters. The van der Waals surface area contributed by atoms with Gasteiger partial charge in [0, 0.05) is 38.9 Å². The molecule has 11 rings (SSSR count). The number of aliphatic hydroxyl groups is 4. The van der Waals surface area contributed by atoms with E-state index >= 15 is 9.59 Å². The highest BCUT2D eigenvalue weighted by molar-refractivity contribution is 6.16. The van der Waals surface area contributed by atoms with E-state index in [1.165, 1.54) is 0 Å². The summed E-state index contributed by atoms with van der Waals surface area (Å²) in [6.07, 6.45) is -19.3. The first-order chi connectivity index (χ1) is 35.7. The molecular formula is C46H34O30. The Morgan fingerprint density at radius 3 is 1.32 bits per heavy atom. The number of esters is 5. The standard InChI is InChI=1S/C46H34O30/c47-9-1-6-14(28(55)24(9)51)15-7(2-10(48)25(52)29(15)56)43(67)74-37-13(5-71-41(6)65)73-42(66)8-3-11(49)26(53)30(57)16(8)17-20-18(32(59)35(62)31(17)58)19-21-22(34(61)36(63)33(19)60)23(38(75-45(21)69)39(37)76-44(20)68)46(70)40(64)27(54)12(50)4-72-46/h1-3,12-13,23,27,37-40,47-64,70H,4-5H2/t12-,13-,23-,27+,37+,38-,39-,40+,46+/m0/s1. The Morgan fingerprint density at radius 2 is 0.789 bits per heavy atom. The Kier molecular flexibility index (Phi) is 10.9. The lowest BCUT2D eigenvalue weighted by molar-refractivity contribution is -0.341. The Labute approximate surface area is 417 Å². The molecule has 6 aliphatic heterocycles. The maximum atomic E-state index is 15.5. The molecule has 0 aliphatic carbocycles. The number of carbonyl (C=O) groups is 5. The smallest absolute Gasteiger partial charge is 0.340 e. The molecule has 6 bridgehead atoms. The molecule has 398 valence electrons. The molecule has 76 heavy (non-hydrogen) atoms. The number of hydrogen-bond acceptors (Lipinski definition) is 30. The number of ether oxygens (including phenoxy) is 6. The monoisotopic (exact) mass is 1070 g/mol. The van der Waals surface area contributed by atoms with Gasteiger partial charge in [0.2, 0.25) is 34.5 Å². The molecule has 5 aromatic carbocycles. The van der Waals surface area contributed by atoms with E-state index in [9.17, 15) is 111 Å². The van der Waals surface area contributed by atoms with Crippen molar-refractivity contribution in [3.05, 3.63) is 51.6 Å². The summed E-state index contributed by atoms with van der Waals surface area (Å²) in [5, 5.41) is 214. The maximum absolute atomic E-state index is 15.5. The summed E-state index contributed by atoms with van der Waals surface area (Å²) in [5.74, 6) is -40.7. The minimum Gasteiger partial charge on any atom is -0.504 e. The highest BCUT2D eigenvalue weighted by Crippen LogP contribution is 2.63. The van der Waals surface area contributed by atoms with E-state index in [1.807, 2.05) is 0 Å². The molecular weight excluding hydrogens is 1030 g/mol. The van der Waals surface area contributed by atoms with Gasteiger partial charge in [0.15, 0.2) is 81.9 Å². The molecule has 0 amide bonds. The van der Waals surface area contributed by atoms with E-state index in [2.05, 4.69) is 0 Å². The third kappa shape index (κ3) is 6.61. The van der Waals surface area contributed by atoms with Gasteiger partial charge in [-0.2, -0.15) is 0 Å². The largest absolute Gasteiger partial charge is 0.504 e. The van der Waals surface area contributed by atoms with Gasteiger partial charge in [-0.1, -0.05) is 0 Å². The molecule has 0 spiro atoms. The first-order valence-corrected chi connectivity index (χ1v) is 21.5. The summed E-state index contributed by atoms with van der Waals surface area (Å²) in [7, 11) is 0. The molecule has 1 fully saturated rings. The number of phenolic OH excluding ortho intramolecular Hbond substituents is 15. The van der Waals surface area contributed by atoms with Gasteiger partial charge in [-0.05, 0) is 18.2 Å². The number of rotatable bonds is 1. The van der Waals surface area contributed by atoms with Crippen LogP contribution in [0.1, 0.15) is 63.3 Å². The van der Waals surface area contributed by atoms with Crippen molar-refractivity contribution in [2.75, 3.05) is 13.2 Å². The van der Waals surface area contributed by atoms with Crippen LogP contribution in [-0.4, -0.2) is 189 Å². The van der Waals surface area contributed by atoms with Crippen LogP contribution in [0.4, 0.5) is 0 Å². The minimum absolute atomic E-state index is 0.271. The van der Waals surface area contributed by atoms with Crippen LogP contribution in [0.5, 0.6) is 86.2 Å². The molecule has 19 N–H and O–H groups in total. The predicted octanol–water partition coefficient (Wildman–Crippen LogP) is -0.830. The van der Waals surface area contributed by atoms with Crippen LogP contribution >= 0.6 is 0 Å². The third-order valence-electron chi connectivity index (χ3n) is 13.6. The van der Waals surface area contributed by atoms with Crippen molar-refractivity contribution < 1.29 is 149 Å². The van der Waals surface area contributed by atoms with Crippen LogP contribution < -0.4 is 0 Å². The molecule has 30 nitrogen and oxygen atoms in total. The van der Waals surface area contributed by atoms with Crippen molar-refractivity contribution in [2.24, 2.45) is 0 Å². The quantitative estimate of drug-likeness (QED) is 0.0553. The van der Waals surface area contributed by atoms with Crippen molar-refractivity contribution in [2.45, 2.75) is 54.4 Å². The van der Waals surface area contributed by atoms with E-state index in [4.69, 9.17) is 28.4 Å².